The number of likely N-dealkylation sites (tertiary alicyclic amines) is 1. The van der Waals surface area contributed by atoms with Crippen molar-refractivity contribution in [1.29, 1.82) is 0 Å². The van der Waals surface area contributed by atoms with Gasteiger partial charge in [0.15, 0.2) is 0 Å². The van der Waals surface area contributed by atoms with Gasteiger partial charge in [-0.1, -0.05) is 18.9 Å². The summed E-state index contributed by atoms with van der Waals surface area (Å²) in [5.74, 6) is 1.27. The van der Waals surface area contributed by atoms with E-state index in [9.17, 15) is 14.7 Å². The summed E-state index contributed by atoms with van der Waals surface area (Å²) in [7, 11) is 5.00. The standard InChI is InChI=1S/C17H23NO.2C2H5NO2/c1-18-9-8-17-7-3-2-4-14(17)16(18)10-12-5-6-13(19)11-15(12)17;2*1-3-2(4)5/h5-6,11,14,16,19H,2-4,7-10H2,1H3;2*3H,1H3,(H,4,5)/t14-,16+,17+;;/m0../s1. The Bertz CT molecular complexity index is 712. The summed E-state index contributed by atoms with van der Waals surface area (Å²) >= 11 is 0. The number of carboxylic acid groups (broad SMARTS) is 2. The number of hydrogen-bond acceptors (Lipinski definition) is 4. The van der Waals surface area contributed by atoms with E-state index in [-0.39, 0.29) is 0 Å². The van der Waals surface area contributed by atoms with Gasteiger partial charge in [0.05, 0.1) is 0 Å². The number of hydrogen-bond donors (Lipinski definition) is 5. The van der Waals surface area contributed by atoms with E-state index in [0.717, 1.165) is 12.0 Å². The quantitative estimate of drug-likeness (QED) is 0.451. The molecule has 1 saturated heterocycles. The molecule has 5 N–H and O–H groups in total. The van der Waals surface area contributed by atoms with Crippen molar-refractivity contribution in [3.63, 3.8) is 0 Å². The van der Waals surface area contributed by atoms with Crippen LogP contribution in [0, 0.1) is 5.92 Å². The van der Waals surface area contributed by atoms with Crippen molar-refractivity contribution >= 4 is 12.2 Å². The van der Waals surface area contributed by atoms with E-state index >= 15 is 0 Å². The number of benzene rings is 1. The summed E-state index contributed by atoms with van der Waals surface area (Å²) in [6.07, 6.45) is 5.94. The molecule has 3 aliphatic rings. The number of fused-ring (bicyclic) bond motifs is 1. The smallest absolute Gasteiger partial charge is 0.404 e. The van der Waals surface area contributed by atoms with Gasteiger partial charge < -0.3 is 30.9 Å². The van der Waals surface area contributed by atoms with Gasteiger partial charge in [-0.05, 0) is 68.5 Å². The molecule has 3 atom stereocenters. The first kappa shape index (κ1) is 22.8. The van der Waals surface area contributed by atoms with Gasteiger partial charge in [0.2, 0.25) is 0 Å². The number of rotatable bonds is 0. The molecule has 2 aliphatic carbocycles. The second kappa shape index (κ2) is 9.82. The number of nitrogens with zero attached hydrogens (tertiary/aromatic N) is 1. The van der Waals surface area contributed by atoms with E-state index in [4.69, 9.17) is 10.2 Å². The maximum Gasteiger partial charge on any atom is 0.404 e. The third-order valence-corrected chi connectivity index (χ3v) is 6.53. The van der Waals surface area contributed by atoms with E-state index in [1.165, 1.54) is 70.3 Å². The maximum absolute atomic E-state index is 9.91. The van der Waals surface area contributed by atoms with Gasteiger partial charge in [-0.2, -0.15) is 0 Å². The van der Waals surface area contributed by atoms with Crippen molar-refractivity contribution in [2.24, 2.45) is 5.92 Å². The molecule has 2 fully saturated rings. The molecule has 0 spiro atoms. The van der Waals surface area contributed by atoms with E-state index in [1.54, 1.807) is 0 Å². The number of nitrogens with one attached hydrogen (secondary N) is 2. The second-order valence-corrected chi connectivity index (χ2v) is 7.96. The van der Waals surface area contributed by atoms with Crippen LogP contribution in [0.4, 0.5) is 9.59 Å². The van der Waals surface area contributed by atoms with Gasteiger partial charge in [0.1, 0.15) is 5.75 Å². The average Bonchev–Trinajstić information content (AvgIpc) is 2.72. The van der Waals surface area contributed by atoms with Crippen molar-refractivity contribution in [2.75, 3.05) is 27.7 Å². The zero-order valence-corrected chi connectivity index (χ0v) is 17.4. The number of carbonyl (C=O) groups is 2. The highest BCUT2D eigenvalue weighted by Crippen LogP contribution is 2.55. The summed E-state index contributed by atoms with van der Waals surface area (Å²) in [5.41, 5.74) is 3.36. The third kappa shape index (κ3) is 5.12. The second-order valence-electron chi connectivity index (χ2n) is 7.96. The number of piperidine rings is 1. The van der Waals surface area contributed by atoms with Crippen LogP contribution < -0.4 is 10.6 Å². The zero-order valence-electron chi connectivity index (χ0n) is 17.4. The number of aromatic hydroxyl groups is 1. The fourth-order valence-electron chi connectivity index (χ4n) is 5.18. The fraction of sp³-hybridized carbons (Fsp3) is 0.619. The Balaban J connectivity index is 0.000000253. The molecule has 8 heteroatoms. The largest absolute Gasteiger partial charge is 0.508 e. The number of phenolic OH excluding ortho intramolecular Hbond substituents is 1. The normalized spacial score (nSPS) is 26.9. The molecule has 1 aromatic carbocycles. The molecule has 0 radical (unpaired) electrons. The lowest BCUT2D eigenvalue weighted by molar-refractivity contribution is 0.00274. The van der Waals surface area contributed by atoms with Crippen molar-refractivity contribution in [3.8, 4) is 5.75 Å². The first-order valence-corrected chi connectivity index (χ1v) is 10.1. The minimum atomic E-state index is -0.995. The van der Waals surface area contributed by atoms with E-state index in [1.807, 2.05) is 16.7 Å². The van der Waals surface area contributed by atoms with Crippen molar-refractivity contribution < 1.29 is 24.9 Å². The molecule has 1 aliphatic heterocycles. The Kier molecular flexibility index (Phi) is 7.73. The Hall–Kier alpha value is -2.48. The van der Waals surface area contributed by atoms with Gasteiger partial charge in [0.25, 0.3) is 0 Å². The Morgan fingerprint density at radius 2 is 1.72 bits per heavy atom. The SMILES string of the molecule is CN1CC[C@]23CCCC[C@H]2[C@H]1Cc1ccc(O)cc13.CNC(=O)O.CNC(=O)O. The Morgan fingerprint density at radius 3 is 2.31 bits per heavy atom. The van der Waals surface area contributed by atoms with E-state index in [0.29, 0.717) is 11.2 Å². The topological polar surface area (TPSA) is 122 Å². The summed E-state index contributed by atoms with van der Waals surface area (Å²) in [6.45, 7) is 1.22. The zero-order chi connectivity index (χ0) is 21.6. The summed E-state index contributed by atoms with van der Waals surface area (Å²) in [6, 6.07) is 6.85. The molecule has 4 rings (SSSR count). The van der Waals surface area contributed by atoms with Crippen LogP contribution in [0.3, 0.4) is 0 Å². The lowest BCUT2D eigenvalue weighted by atomic mass is 9.52. The van der Waals surface area contributed by atoms with E-state index in [2.05, 4.69) is 24.1 Å². The maximum atomic E-state index is 9.91. The molecule has 2 bridgehead atoms. The average molecular weight is 408 g/mol. The van der Waals surface area contributed by atoms with Gasteiger partial charge >= 0.3 is 12.2 Å². The van der Waals surface area contributed by atoms with Crippen LogP contribution in [-0.4, -0.2) is 66.1 Å². The number of likely N-dealkylation sites (N-methyl/N-ethyl adjacent to an activating group) is 1. The van der Waals surface area contributed by atoms with Gasteiger partial charge in [-0.25, -0.2) is 9.59 Å². The van der Waals surface area contributed by atoms with Crippen LogP contribution >= 0.6 is 0 Å². The fourth-order valence-corrected chi connectivity index (χ4v) is 5.18. The number of phenols is 1. The molecule has 0 unspecified atom stereocenters. The highest BCUT2D eigenvalue weighted by Gasteiger charge is 2.52. The predicted octanol–water partition coefficient (Wildman–Crippen LogP) is 2.85. The van der Waals surface area contributed by atoms with E-state index < -0.39 is 12.2 Å². The highest BCUT2D eigenvalue weighted by atomic mass is 16.4. The monoisotopic (exact) mass is 407 g/mol. The minimum absolute atomic E-state index is 0.377. The first-order valence-electron chi connectivity index (χ1n) is 10.1. The molecule has 162 valence electrons. The van der Waals surface area contributed by atoms with Crippen LogP contribution in [0.2, 0.25) is 0 Å². The molecule has 2 amide bonds. The minimum Gasteiger partial charge on any atom is -0.508 e. The number of amides is 2. The van der Waals surface area contributed by atoms with Crippen LogP contribution in [0.1, 0.15) is 43.2 Å². The molecule has 1 heterocycles. The Labute approximate surface area is 171 Å². The van der Waals surface area contributed by atoms with Crippen LogP contribution in [0.25, 0.3) is 0 Å². The molecule has 29 heavy (non-hydrogen) atoms. The Morgan fingerprint density at radius 1 is 1.10 bits per heavy atom. The lowest BCUT2D eigenvalue weighted by Crippen LogP contribution is -2.59. The molecule has 1 saturated carbocycles. The van der Waals surface area contributed by atoms with Crippen molar-refractivity contribution in [3.05, 3.63) is 29.3 Å². The lowest BCUT2D eigenvalue weighted by Gasteiger charge is -2.58. The van der Waals surface area contributed by atoms with Gasteiger partial charge in [-0.15, -0.1) is 0 Å². The molecule has 1 aromatic rings. The molecule has 0 aromatic heterocycles. The molecular formula is C21H33N3O5. The first-order chi connectivity index (χ1) is 13.7. The highest BCUT2D eigenvalue weighted by molar-refractivity contribution is 5.64. The molecule has 8 nitrogen and oxygen atoms in total. The van der Waals surface area contributed by atoms with Crippen LogP contribution in [-0.2, 0) is 11.8 Å². The van der Waals surface area contributed by atoms with Crippen LogP contribution in [0.15, 0.2) is 18.2 Å². The van der Waals surface area contributed by atoms with Gasteiger partial charge in [0, 0.05) is 25.6 Å². The van der Waals surface area contributed by atoms with Crippen molar-refractivity contribution in [1.82, 2.24) is 15.5 Å². The predicted molar refractivity (Wildman–Crippen MR) is 111 cm³/mol. The third-order valence-electron chi connectivity index (χ3n) is 6.53. The molecular weight excluding hydrogens is 374 g/mol. The summed E-state index contributed by atoms with van der Waals surface area (Å²) in [4.78, 5) is 21.1. The van der Waals surface area contributed by atoms with Crippen molar-refractivity contribution in [2.45, 2.75) is 50.0 Å². The summed E-state index contributed by atoms with van der Waals surface area (Å²) in [5, 5.41) is 29.0. The van der Waals surface area contributed by atoms with Gasteiger partial charge in [-0.3, -0.25) is 0 Å². The summed E-state index contributed by atoms with van der Waals surface area (Å²) < 4.78 is 0. The van der Waals surface area contributed by atoms with Crippen LogP contribution in [0.5, 0.6) is 5.75 Å².